The van der Waals surface area contributed by atoms with Crippen molar-refractivity contribution in [2.24, 2.45) is 13.0 Å². The van der Waals surface area contributed by atoms with Crippen LogP contribution in [0, 0.1) is 12.8 Å². The lowest BCUT2D eigenvalue weighted by atomic mass is 9.90. The van der Waals surface area contributed by atoms with Gasteiger partial charge in [-0.05, 0) is 43.7 Å². The Morgan fingerprint density at radius 3 is 3.00 bits per heavy atom. The summed E-state index contributed by atoms with van der Waals surface area (Å²) in [5, 5.41) is 4.24. The second kappa shape index (κ2) is 5.88. The van der Waals surface area contributed by atoms with E-state index in [0.717, 1.165) is 34.9 Å². The van der Waals surface area contributed by atoms with Crippen LogP contribution in [0.1, 0.15) is 44.7 Å². The van der Waals surface area contributed by atoms with E-state index in [1.165, 1.54) is 16.9 Å². The first-order valence-corrected chi connectivity index (χ1v) is 8.62. The van der Waals surface area contributed by atoms with Crippen LogP contribution in [0.4, 0.5) is 0 Å². The minimum atomic E-state index is 0.121. The van der Waals surface area contributed by atoms with Gasteiger partial charge in [0.25, 0.3) is 5.91 Å². The molecule has 0 unspecified atom stereocenters. The lowest BCUT2D eigenvalue weighted by Crippen LogP contribution is -2.25. The van der Waals surface area contributed by atoms with Gasteiger partial charge in [0, 0.05) is 36.8 Å². The Hall–Kier alpha value is -1.62. The molecule has 3 rings (SSSR count). The molecular formula is C17H23N3OS. The zero-order chi connectivity index (χ0) is 15.9. The number of amides is 1. The van der Waals surface area contributed by atoms with Crippen molar-refractivity contribution in [2.75, 3.05) is 7.05 Å². The predicted molar refractivity (Wildman–Crippen MR) is 89.3 cm³/mol. The molecular weight excluding hydrogens is 294 g/mol. The fourth-order valence-electron chi connectivity index (χ4n) is 3.03. The third-order valence-corrected chi connectivity index (χ3v) is 5.86. The summed E-state index contributed by atoms with van der Waals surface area (Å²) >= 11 is 1.68. The van der Waals surface area contributed by atoms with E-state index >= 15 is 0 Å². The van der Waals surface area contributed by atoms with Gasteiger partial charge in [-0.25, -0.2) is 0 Å². The number of carbonyl (C=O) groups excluding carboxylic acids is 1. The number of hydrogen-bond acceptors (Lipinski definition) is 3. The lowest BCUT2D eigenvalue weighted by molar-refractivity contribution is 0.0789. The second-order valence-corrected chi connectivity index (χ2v) is 7.58. The fourth-order valence-corrected chi connectivity index (χ4v) is 4.23. The highest BCUT2D eigenvalue weighted by Gasteiger charge is 2.22. The number of aromatic nitrogens is 2. The second-order valence-electron chi connectivity index (χ2n) is 6.45. The number of aryl methyl sites for hydroxylation is 2. The van der Waals surface area contributed by atoms with E-state index in [2.05, 4.69) is 18.1 Å². The molecule has 0 aliphatic heterocycles. The molecule has 0 spiro atoms. The monoisotopic (exact) mass is 317 g/mol. The predicted octanol–water partition coefficient (Wildman–Crippen LogP) is 3.19. The highest BCUT2D eigenvalue weighted by atomic mass is 32.1. The van der Waals surface area contributed by atoms with Crippen molar-refractivity contribution in [1.29, 1.82) is 0 Å². The summed E-state index contributed by atoms with van der Waals surface area (Å²) in [6.45, 7) is 4.93. The van der Waals surface area contributed by atoms with Crippen molar-refractivity contribution in [2.45, 2.75) is 39.7 Å². The topological polar surface area (TPSA) is 38.1 Å². The van der Waals surface area contributed by atoms with E-state index in [0.29, 0.717) is 6.54 Å². The van der Waals surface area contributed by atoms with Crippen molar-refractivity contribution in [3.8, 4) is 0 Å². The number of nitrogens with zero attached hydrogens (tertiary/aromatic N) is 3. The molecule has 1 amide bonds. The van der Waals surface area contributed by atoms with Gasteiger partial charge in [-0.1, -0.05) is 6.92 Å². The maximum absolute atomic E-state index is 12.7. The van der Waals surface area contributed by atoms with Gasteiger partial charge in [0.15, 0.2) is 0 Å². The van der Waals surface area contributed by atoms with Crippen LogP contribution in [0.5, 0.6) is 0 Å². The van der Waals surface area contributed by atoms with E-state index in [4.69, 9.17) is 0 Å². The Morgan fingerprint density at radius 2 is 2.32 bits per heavy atom. The maximum Gasteiger partial charge on any atom is 0.263 e. The Balaban J connectivity index is 1.75. The highest BCUT2D eigenvalue weighted by molar-refractivity contribution is 7.14. The van der Waals surface area contributed by atoms with Crippen LogP contribution in [0.25, 0.3) is 0 Å². The minimum absolute atomic E-state index is 0.121. The van der Waals surface area contributed by atoms with Gasteiger partial charge >= 0.3 is 0 Å². The number of thiophene rings is 1. The molecule has 2 heterocycles. The van der Waals surface area contributed by atoms with Crippen LogP contribution >= 0.6 is 11.3 Å². The summed E-state index contributed by atoms with van der Waals surface area (Å²) in [5.74, 6) is 0.858. The molecule has 0 fully saturated rings. The zero-order valence-corrected chi connectivity index (χ0v) is 14.5. The molecule has 0 radical (unpaired) electrons. The summed E-state index contributed by atoms with van der Waals surface area (Å²) in [7, 11) is 3.80. The van der Waals surface area contributed by atoms with Crippen molar-refractivity contribution >= 4 is 17.2 Å². The van der Waals surface area contributed by atoms with E-state index in [9.17, 15) is 4.79 Å². The Labute approximate surface area is 135 Å². The van der Waals surface area contributed by atoms with Gasteiger partial charge < -0.3 is 4.90 Å². The molecule has 2 aromatic rings. The smallest absolute Gasteiger partial charge is 0.263 e. The average Bonchev–Trinajstić information content (AvgIpc) is 3.04. The summed E-state index contributed by atoms with van der Waals surface area (Å²) in [6, 6.07) is 2.12. The standard InChI is InChI=1S/C17H23N3OS/c1-11-5-6-15-13(7-11)8-16(22-15)17(21)19(3)10-14-9-18-20(4)12(14)2/h8-9,11H,5-7,10H2,1-4H3/t11-/m1/s1. The normalized spacial score (nSPS) is 17.4. The maximum atomic E-state index is 12.7. The van der Waals surface area contributed by atoms with Crippen LogP contribution in [0.15, 0.2) is 12.3 Å². The van der Waals surface area contributed by atoms with Gasteiger partial charge in [-0.2, -0.15) is 5.10 Å². The molecule has 0 aromatic carbocycles. The number of rotatable bonds is 3. The first-order chi connectivity index (χ1) is 10.5. The van der Waals surface area contributed by atoms with Gasteiger partial charge in [0.1, 0.15) is 0 Å². The quantitative estimate of drug-likeness (QED) is 0.872. The van der Waals surface area contributed by atoms with Crippen molar-refractivity contribution in [3.63, 3.8) is 0 Å². The Kier molecular flexibility index (Phi) is 4.08. The van der Waals surface area contributed by atoms with Crippen LogP contribution in [-0.4, -0.2) is 27.6 Å². The molecule has 1 aliphatic rings. The summed E-state index contributed by atoms with van der Waals surface area (Å²) in [6.07, 6.45) is 5.33. The van der Waals surface area contributed by atoms with Crippen molar-refractivity contribution in [3.05, 3.63) is 38.8 Å². The highest BCUT2D eigenvalue weighted by Crippen LogP contribution is 2.32. The molecule has 0 saturated carbocycles. The molecule has 5 heteroatoms. The number of hydrogen-bond donors (Lipinski definition) is 0. The number of carbonyl (C=O) groups is 1. The first kappa shape index (κ1) is 15.3. The van der Waals surface area contributed by atoms with E-state index in [-0.39, 0.29) is 5.91 Å². The molecule has 0 N–H and O–H groups in total. The molecule has 1 atom stereocenters. The molecule has 4 nitrogen and oxygen atoms in total. The van der Waals surface area contributed by atoms with Crippen LogP contribution < -0.4 is 0 Å². The first-order valence-electron chi connectivity index (χ1n) is 7.80. The minimum Gasteiger partial charge on any atom is -0.337 e. The van der Waals surface area contributed by atoms with Gasteiger partial charge in [-0.3, -0.25) is 9.48 Å². The van der Waals surface area contributed by atoms with Crippen LogP contribution in [0.2, 0.25) is 0 Å². The summed E-state index contributed by atoms with van der Waals surface area (Å²) < 4.78 is 1.85. The molecule has 1 aliphatic carbocycles. The zero-order valence-electron chi connectivity index (χ0n) is 13.7. The Morgan fingerprint density at radius 1 is 1.55 bits per heavy atom. The van der Waals surface area contributed by atoms with E-state index in [1.54, 1.807) is 16.2 Å². The fraction of sp³-hybridized carbons (Fsp3) is 0.529. The molecule has 2 aromatic heterocycles. The molecule has 22 heavy (non-hydrogen) atoms. The summed E-state index contributed by atoms with van der Waals surface area (Å²) in [5.41, 5.74) is 3.60. The van der Waals surface area contributed by atoms with Gasteiger partial charge in [-0.15, -0.1) is 11.3 Å². The van der Waals surface area contributed by atoms with Gasteiger partial charge in [0.2, 0.25) is 0 Å². The van der Waals surface area contributed by atoms with Crippen LogP contribution in [-0.2, 0) is 26.4 Å². The summed E-state index contributed by atoms with van der Waals surface area (Å²) in [4.78, 5) is 16.8. The largest absolute Gasteiger partial charge is 0.337 e. The molecule has 118 valence electrons. The lowest BCUT2D eigenvalue weighted by Gasteiger charge is -2.16. The van der Waals surface area contributed by atoms with Crippen molar-refractivity contribution < 1.29 is 4.79 Å². The molecule has 0 bridgehead atoms. The van der Waals surface area contributed by atoms with E-state index in [1.807, 2.05) is 31.9 Å². The molecule has 0 saturated heterocycles. The third-order valence-electron chi connectivity index (χ3n) is 4.63. The number of fused-ring (bicyclic) bond motifs is 1. The van der Waals surface area contributed by atoms with Crippen LogP contribution in [0.3, 0.4) is 0 Å². The van der Waals surface area contributed by atoms with Crippen molar-refractivity contribution in [1.82, 2.24) is 14.7 Å². The Bertz CT molecular complexity index is 701. The van der Waals surface area contributed by atoms with Gasteiger partial charge in [0.05, 0.1) is 11.1 Å². The SMILES string of the molecule is Cc1c(CN(C)C(=O)c2cc3c(s2)CC[C@@H](C)C3)cnn1C. The average molecular weight is 317 g/mol. The third kappa shape index (κ3) is 2.82. The van der Waals surface area contributed by atoms with E-state index < -0.39 is 0 Å².